The molecule has 0 aliphatic carbocycles. The SMILES string of the molecule is CCCOc1nc(NC)nc(SCCOC)n1. The zero-order valence-corrected chi connectivity index (χ0v) is 11.2. The summed E-state index contributed by atoms with van der Waals surface area (Å²) in [6.45, 7) is 3.31. The van der Waals surface area contributed by atoms with Gasteiger partial charge in [-0.2, -0.15) is 15.0 Å². The van der Waals surface area contributed by atoms with E-state index in [1.165, 1.54) is 11.8 Å². The first-order chi connectivity index (χ1) is 8.30. The van der Waals surface area contributed by atoms with Gasteiger partial charge in [0.05, 0.1) is 13.2 Å². The Bertz CT molecular complexity index is 338. The Labute approximate surface area is 106 Å². The third-order valence-electron chi connectivity index (χ3n) is 1.77. The van der Waals surface area contributed by atoms with Crippen molar-refractivity contribution in [2.24, 2.45) is 0 Å². The highest BCUT2D eigenvalue weighted by Crippen LogP contribution is 2.17. The van der Waals surface area contributed by atoms with Crippen LogP contribution in [0.15, 0.2) is 5.16 Å². The molecule has 17 heavy (non-hydrogen) atoms. The number of rotatable bonds is 8. The minimum absolute atomic E-state index is 0.367. The van der Waals surface area contributed by atoms with Gasteiger partial charge >= 0.3 is 6.01 Å². The largest absolute Gasteiger partial charge is 0.463 e. The van der Waals surface area contributed by atoms with Gasteiger partial charge < -0.3 is 14.8 Å². The van der Waals surface area contributed by atoms with E-state index < -0.39 is 0 Å². The van der Waals surface area contributed by atoms with Crippen molar-refractivity contribution in [1.82, 2.24) is 15.0 Å². The van der Waals surface area contributed by atoms with E-state index in [0.29, 0.717) is 30.3 Å². The van der Waals surface area contributed by atoms with Gasteiger partial charge in [0, 0.05) is 19.9 Å². The number of ether oxygens (including phenoxy) is 2. The molecule has 0 bridgehead atoms. The molecule has 0 spiro atoms. The van der Waals surface area contributed by atoms with Crippen LogP contribution in [0.4, 0.5) is 5.95 Å². The molecule has 0 aliphatic heterocycles. The summed E-state index contributed by atoms with van der Waals surface area (Å²) >= 11 is 1.51. The fourth-order valence-corrected chi connectivity index (χ4v) is 1.71. The molecule has 0 fully saturated rings. The smallest absolute Gasteiger partial charge is 0.322 e. The number of thioether (sulfide) groups is 1. The average Bonchev–Trinajstić information content (AvgIpc) is 2.36. The summed E-state index contributed by atoms with van der Waals surface area (Å²) < 4.78 is 10.4. The molecule has 1 rings (SSSR count). The summed E-state index contributed by atoms with van der Waals surface area (Å²) in [5, 5.41) is 3.53. The molecule has 1 aromatic heterocycles. The molecule has 0 saturated heterocycles. The second kappa shape index (κ2) is 8.08. The lowest BCUT2D eigenvalue weighted by atomic mass is 10.5. The minimum Gasteiger partial charge on any atom is -0.463 e. The quantitative estimate of drug-likeness (QED) is 0.559. The molecule has 96 valence electrons. The maximum absolute atomic E-state index is 5.40. The van der Waals surface area contributed by atoms with Crippen molar-refractivity contribution in [2.75, 3.05) is 38.4 Å². The maximum Gasteiger partial charge on any atom is 0.322 e. The van der Waals surface area contributed by atoms with E-state index in [4.69, 9.17) is 9.47 Å². The molecule has 0 saturated carbocycles. The lowest BCUT2D eigenvalue weighted by molar-refractivity contribution is 0.218. The molecule has 1 N–H and O–H groups in total. The van der Waals surface area contributed by atoms with E-state index in [-0.39, 0.29) is 0 Å². The fraction of sp³-hybridized carbons (Fsp3) is 0.700. The summed E-state index contributed by atoms with van der Waals surface area (Å²) in [6.07, 6.45) is 0.923. The predicted octanol–water partition coefficient (Wildman–Crippen LogP) is 1.44. The topological polar surface area (TPSA) is 69.2 Å². The van der Waals surface area contributed by atoms with Gasteiger partial charge in [0.25, 0.3) is 0 Å². The van der Waals surface area contributed by atoms with E-state index in [9.17, 15) is 0 Å². The van der Waals surface area contributed by atoms with Gasteiger partial charge in [0.2, 0.25) is 5.95 Å². The number of anilines is 1. The van der Waals surface area contributed by atoms with E-state index in [1.807, 2.05) is 6.92 Å². The second-order valence-corrected chi connectivity index (χ2v) is 4.23. The van der Waals surface area contributed by atoms with E-state index in [1.54, 1.807) is 14.2 Å². The van der Waals surface area contributed by atoms with E-state index in [0.717, 1.165) is 12.2 Å². The van der Waals surface area contributed by atoms with Gasteiger partial charge in [-0.05, 0) is 6.42 Å². The number of nitrogens with zero attached hydrogens (tertiary/aromatic N) is 3. The molecule has 0 radical (unpaired) electrons. The van der Waals surface area contributed by atoms with Crippen molar-refractivity contribution >= 4 is 17.7 Å². The molecule has 7 heteroatoms. The molecule has 6 nitrogen and oxygen atoms in total. The Hall–Kier alpha value is -1.08. The third-order valence-corrected chi connectivity index (χ3v) is 2.58. The van der Waals surface area contributed by atoms with Crippen molar-refractivity contribution in [3.05, 3.63) is 0 Å². The Balaban J connectivity index is 2.67. The van der Waals surface area contributed by atoms with Gasteiger partial charge in [0.15, 0.2) is 5.16 Å². The minimum atomic E-state index is 0.367. The first-order valence-corrected chi connectivity index (χ1v) is 6.47. The molecule has 1 heterocycles. The number of hydrogen-bond acceptors (Lipinski definition) is 7. The molecule has 0 unspecified atom stereocenters. The number of methoxy groups -OCH3 is 1. The van der Waals surface area contributed by atoms with Gasteiger partial charge in [0.1, 0.15) is 0 Å². The van der Waals surface area contributed by atoms with Crippen LogP contribution in [0.2, 0.25) is 0 Å². The number of hydrogen-bond donors (Lipinski definition) is 1. The molecule has 0 atom stereocenters. The summed E-state index contributed by atoms with van der Waals surface area (Å²) in [5.74, 6) is 1.32. The van der Waals surface area contributed by atoms with Crippen LogP contribution in [0.3, 0.4) is 0 Å². The van der Waals surface area contributed by atoms with E-state index >= 15 is 0 Å². The van der Waals surface area contributed by atoms with Crippen LogP contribution >= 0.6 is 11.8 Å². The van der Waals surface area contributed by atoms with Crippen LogP contribution in [-0.4, -0.2) is 48.1 Å². The molecule has 0 amide bonds. The predicted molar refractivity (Wildman–Crippen MR) is 67.8 cm³/mol. The molecule has 0 aliphatic rings. The monoisotopic (exact) mass is 258 g/mol. The van der Waals surface area contributed by atoms with Crippen LogP contribution < -0.4 is 10.1 Å². The fourth-order valence-electron chi connectivity index (χ4n) is 0.989. The zero-order chi connectivity index (χ0) is 12.5. The van der Waals surface area contributed by atoms with Crippen molar-refractivity contribution in [3.8, 4) is 6.01 Å². The Kier molecular flexibility index (Phi) is 6.64. The van der Waals surface area contributed by atoms with Crippen LogP contribution in [-0.2, 0) is 4.74 Å². The maximum atomic E-state index is 5.40. The molecule has 0 aromatic carbocycles. The van der Waals surface area contributed by atoms with Crippen LogP contribution in [0.5, 0.6) is 6.01 Å². The average molecular weight is 258 g/mol. The van der Waals surface area contributed by atoms with Gasteiger partial charge in [-0.15, -0.1) is 0 Å². The summed E-state index contributed by atoms with van der Waals surface area (Å²) in [4.78, 5) is 12.6. The van der Waals surface area contributed by atoms with Crippen LogP contribution in [0.25, 0.3) is 0 Å². The van der Waals surface area contributed by atoms with E-state index in [2.05, 4.69) is 20.3 Å². The summed E-state index contributed by atoms with van der Waals surface area (Å²) in [7, 11) is 3.44. The standard InChI is InChI=1S/C10H18N4O2S/c1-4-5-16-9-12-8(11-2)13-10(14-9)17-7-6-15-3/h4-7H2,1-3H3,(H,11,12,13,14). The summed E-state index contributed by atoms with van der Waals surface area (Å²) in [5.41, 5.74) is 0. The van der Waals surface area contributed by atoms with Crippen LogP contribution in [0.1, 0.15) is 13.3 Å². The highest BCUT2D eigenvalue weighted by atomic mass is 32.2. The van der Waals surface area contributed by atoms with Crippen molar-refractivity contribution in [1.29, 1.82) is 0 Å². The van der Waals surface area contributed by atoms with Gasteiger partial charge in [-0.1, -0.05) is 18.7 Å². The molecule has 1 aromatic rings. The first kappa shape index (κ1) is 14.0. The van der Waals surface area contributed by atoms with Gasteiger partial charge in [-0.3, -0.25) is 0 Å². The summed E-state index contributed by atoms with van der Waals surface area (Å²) in [6, 6.07) is 0.367. The molecular formula is C10H18N4O2S. The Morgan fingerprint density at radius 3 is 2.71 bits per heavy atom. The van der Waals surface area contributed by atoms with Gasteiger partial charge in [-0.25, -0.2) is 0 Å². The van der Waals surface area contributed by atoms with Crippen LogP contribution in [0, 0.1) is 0 Å². The second-order valence-electron chi connectivity index (χ2n) is 3.16. The lowest BCUT2D eigenvalue weighted by Crippen LogP contribution is -2.06. The number of aromatic nitrogens is 3. The highest BCUT2D eigenvalue weighted by Gasteiger charge is 2.06. The Morgan fingerprint density at radius 2 is 2.06 bits per heavy atom. The first-order valence-electron chi connectivity index (χ1n) is 5.48. The lowest BCUT2D eigenvalue weighted by Gasteiger charge is -2.06. The third kappa shape index (κ3) is 5.18. The van der Waals surface area contributed by atoms with Crippen molar-refractivity contribution < 1.29 is 9.47 Å². The van der Waals surface area contributed by atoms with Crippen molar-refractivity contribution in [3.63, 3.8) is 0 Å². The highest BCUT2D eigenvalue weighted by molar-refractivity contribution is 7.99. The Morgan fingerprint density at radius 1 is 1.24 bits per heavy atom. The zero-order valence-electron chi connectivity index (χ0n) is 10.4. The molecular weight excluding hydrogens is 240 g/mol. The van der Waals surface area contributed by atoms with Crippen molar-refractivity contribution in [2.45, 2.75) is 18.5 Å². The number of nitrogens with one attached hydrogen (secondary N) is 1. The normalized spacial score (nSPS) is 10.3.